The lowest BCUT2D eigenvalue weighted by molar-refractivity contribution is -0.143. The van der Waals surface area contributed by atoms with Crippen molar-refractivity contribution >= 4 is 24.3 Å². The zero-order valence-electron chi connectivity index (χ0n) is 12.4. The van der Waals surface area contributed by atoms with E-state index in [1.54, 1.807) is 14.0 Å². The number of rotatable bonds is 6. The average molecular weight is 309 g/mol. The van der Waals surface area contributed by atoms with Crippen molar-refractivity contribution in [2.75, 3.05) is 33.9 Å². The number of hydrogen-bond donors (Lipinski definition) is 2. The highest BCUT2D eigenvalue weighted by molar-refractivity contribution is 5.85. The molecule has 1 fully saturated rings. The van der Waals surface area contributed by atoms with E-state index in [0.29, 0.717) is 6.54 Å². The molecule has 2 atom stereocenters. The number of hydrogen-bond acceptors (Lipinski definition) is 5. The van der Waals surface area contributed by atoms with E-state index in [4.69, 9.17) is 4.74 Å². The summed E-state index contributed by atoms with van der Waals surface area (Å²) in [6.45, 7) is 3.71. The number of piperidine rings is 1. The Kier molecular flexibility index (Phi) is 8.76. The minimum atomic E-state index is -0.726. The highest BCUT2D eigenvalue weighted by atomic mass is 35.5. The van der Waals surface area contributed by atoms with Gasteiger partial charge in [-0.3, -0.25) is 9.59 Å². The van der Waals surface area contributed by atoms with Crippen LogP contribution in [0.25, 0.3) is 0 Å². The van der Waals surface area contributed by atoms with Crippen LogP contribution >= 0.6 is 12.4 Å². The molecule has 1 heterocycles. The molecule has 0 aromatic carbocycles. The first kappa shape index (κ1) is 19.1. The average Bonchev–Trinajstić information content (AvgIpc) is 2.39. The summed E-state index contributed by atoms with van der Waals surface area (Å²) in [5, 5.41) is 6.13. The fourth-order valence-corrected chi connectivity index (χ4v) is 2.32. The van der Waals surface area contributed by atoms with Gasteiger partial charge < -0.3 is 20.1 Å². The van der Waals surface area contributed by atoms with E-state index in [1.165, 1.54) is 7.11 Å². The first-order valence-electron chi connectivity index (χ1n) is 6.59. The Hall–Kier alpha value is -0.850. The maximum atomic E-state index is 12.2. The van der Waals surface area contributed by atoms with Gasteiger partial charge in [-0.1, -0.05) is 0 Å². The summed E-state index contributed by atoms with van der Waals surface area (Å²) < 4.78 is 9.76. The van der Waals surface area contributed by atoms with Gasteiger partial charge in [0.05, 0.1) is 31.6 Å². The maximum Gasteiger partial charge on any atom is 0.307 e. The molecule has 118 valence electrons. The summed E-state index contributed by atoms with van der Waals surface area (Å²) in [6, 6.07) is 0. The maximum absolute atomic E-state index is 12.2. The molecule has 1 amide bonds. The minimum Gasteiger partial charge on any atom is -0.469 e. The van der Waals surface area contributed by atoms with Crippen LogP contribution in [0.4, 0.5) is 0 Å². The zero-order valence-corrected chi connectivity index (χ0v) is 13.2. The number of carbonyl (C=O) groups excluding carboxylic acids is 2. The van der Waals surface area contributed by atoms with E-state index < -0.39 is 5.54 Å². The second-order valence-electron chi connectivity index (χ2n) is 5.28. The molecule has 0 aromatic heterocycles. The van der Waals surface area contributed by atoms with Gasteiger partial charge in [0, 0.05) is 13.7 Å². The van der Waals surface area contributed by atoms with Gasteiger partial charge in [-0.15, -0.1) is 12.4 Å². The van der Waals surface area contributed by atoms with Gasteiger partial charge in [0.15, 0.2) is 0 Å². The highest BCUT2D eigenvalue weighted by Gasteiger charge is 2.32. The lowest BCUT2D eigenvalue weighted by Gasteiger charge is -2.32. The molecule has 2 unspecified atom stereocenters. The lowest BCUT2D eigenvalue weighted by Crippen LogP contribution is -2.54. The Morgan fingerprint density at radius 2 is 2.10 bits per heavy atom. The van der Waals surface area contributed by atoms with E-state index in [1.807, 2.05) is 0 Å². The summed E-state index contributed by atoms with van der Waals surface area (Å²) in [4.78, 5) is 23.6. The number of carbonyl (C=O) groups is 2. The molecule has 0 saturated carbocycles. The number of ether oxygens (including phenoxy) is 2. The highest BCUT2D eigenvalue weighted by Crippen LogP contribution is 2.16. The Morgan fingerprint density at radius 1 is 1.40 bits per heavy atom. The standard InChI is InChI=1S/C13H24N2O4.ClH/c1-13(9-18-2,7-11(16)19-3)15-12(17)10-5-4-6-14-8-10;/h10,14H,4-9H2,1-3H3,(H,15,17);1H. The molecule has 0 aromatic rings. The summed E-state index contributed by atoms with van der Waals surface area (Å²) in [6.07, 6.45) is 1.97. The Morgan fingerprint density at radius 3 is 2.60 bits per heavy atom. The molecule has 0 spiro atoms. The predicted octanol–water partition coefficient (Wildman–Crippen LogP) is 0.492. The van der Waals surface area contributed by atoms with Gasteiger partial charge in [0.2, 0.25) is 5.91 Å². The van der Waals surface area contributed by atoms with Crippen molar-refractivity contribution in [2.24, 2.45) is 5.92 Å². The van der Waals surface area contributed by atoms with Gasteiger partial charge in [-0.25, -0.2) is 0 Å². The molecular formula is C13H25ClN2O4. The summed E-state index contributed by atoms with van der Waals surface area (Å²) in [5.41, 5.74) is -0.726. The zero-order chi connectivity index (χ0) is 14.3. The van der Waals surface area contributed by atoms with Gasteiger partial charge in [0.25, 0.3) is 0 Å². The first-order valence-corrected chi connectivity index (χ1v) is 6.59. The van der Waals surface area contributed by atoms with Crippen LogP contribution in [0.3, 0.4) is 0 Å². The van der Waals surface area contributed by atoms with Crippen molar-refractivity contribution in [3.05, 3.63) is 0 Å². The molecule has 7 heteroatoms. The normalized spacial score (nSPS) is 21.2. The number of esters is 1. The molecule has 2 N–H and O–H groups in total. The third kappa shape index (κ3) is 6.07. The van der Waals surface area contributed by atoms with Crippen LogP contribution in [-0.2, 0) is 19.1 Å². The molecule has 1 aliphatic rings. The van der Waals surface area contributed by atoms with E-state index >= 15 is 0 Å². The lowest BCUT2D eigenvalue weighted by atomic mass is 9.94. The van der Waals surface area contributed by atoms with Gasteiger partial charge in [-0.2, -0.15) is 0 Å². The fraction of sp³-hybridized carbons (Fsp3) is 0.846. The number of amides is 1. The SMILES string of the molecule is COCC(C)(CC(=O)OC)NC(=O)C1CCCNC1.Cl. The van der Waals surface area contributed by atoms with Crippen molar-refractivity contribution < 1.29 is 19.1 Å². The van der Waals surface area contributed by atoms with Gasteiger partial charge in [0.1, 0.15) is 0 Å². The van der Waals surface area contributed by atoms with E-state index in [9.17, 15) is 9.59 Å². The summed E-state index contributed by atoms with van der Waals surface area (Å²) in [7, 11) is 2.88. The second kappa shape index (κ2) is 9.15. The largest absolute Gasteiger partial charge is 0.469 e. The summed E-state index contributed by atoms with van der Waals surface area (Å²) in [5.74, 6) is -0.431. The van der Waals surface area contributed by atoms with Crippen LogP contribution in [-0.4, -0.2) is 51.3 Å². The fourth-order valence-electron chi connectivity index (χ4n) is 2.32. The molecule has 0 bridgehead atoms. The third-order valence-corrected chi connectivity index (χ3v) is 3.32. The molecule has 0 radical (unpaired) electrons. The van der Waals surface area contributed by atoms with Gasteiger partial charge >= 0.3 is 5.97 Å². The minimum absolute atomic E-state index is 0. The van der Waals surface area contributed by atoms with Crippen LogP contribution in [0.1, 0.15) is 26.2 Å². The van der Waals surface area contributed by atoms with E-state index in [0.717, 1.165) is 19.4 Å². The molecule has 6 nitrogen and oxygen atoms in total. The van der Waals surface area contributed by atoms with Crippen LogP contribution in [0.5, 0.6) is 0 Å². The predicted molar refractivity (Wildman–Crippen MR) is 77.9 cm³/mol. The van der Waals surface area contributed by atoms with Crippen molar-refractivity contribution in [3.8, 4) is 0 Å². The second-order valence-corrected chi connectivity index (χ2v) is 5.28. The van der Waals surface area contributed by atoms with Gasteiger partial charge in [-0.05, 0) is 26.3 Å². The molecule has 1 rings (SSSR count). The molecule has 1 saturated heterocycles. The Balaban J connectivity index is 0.00000361. The quantitative estimate of drug-likeness (QED) is 0.699. The molecular weight excluding hydrogens is 284 g/mol. The number of nitrogens with one attached hydrogen (secondary N) is 2. The topological polar surface area (TPSA) is 76.7 Å². The van der Waals surface area contributed by atoms with Crippen LogP contribution in [0.2, 0.25) is 0 Å². The number of methoxy groups -OCH3 is 2. The molecule has 20 heavy (non-hydrogen) atoms. The number of halogens is 1. The Bertz CT molecular complexity index is 321. The Labute approximate surface area is 126 Å². The molecule has 0 aliphatic carbocycles. The van der Waals surface area contributed by atoms with E-state index in [2.05, 4.69) is 15.4 Å². The van der Waals surface area contributed by atoms with Crippen LogP contribution in [0, 0.1) is 5.92 Å². The van der Waals surface area contributed by atoms with Crippen LogP contribution in [0.15, 0.2) is 0 Å². The summed E-state index contributed by atoms with van der Waals surface area (Å²) >= 11 is 0. The van der Waals surface area contributed by atoms with Crippen molar-refractivity contribution in [2.45, 2.75) is 31.7 Å². The van der Waals surface area contributed by atoms with Crippen LogP contribution < -0.4 is 10.6 Å². The third-order valence-electron chi connectivity index (χ3n) is 3.32. The van der Waals surface area contributed by atoms with Crippen molar-refractivity contribution in [1.29, 1.82) is 0 Å². The van der Waals surface area contributed by atoms with Crippen molar-refractivity contribution in [1.82, 2.24) is 10.6 Å². The smallest absolute Gasteiger partial charge is 0.307 e. The molecule has 1 aliphatic heterocycles. The monoisotopic (exact) mass is 308 g/mol. The van der Waals surface area contributed by atoms with E-state index in [-0.39, 0.29) is 43.2 Å². The first-order chi connectivity index (χ1) is 9.00. The van der Waals surface area contributed by atoms with Crippen molar-refractivity contribution in [3.63, 3.8) is 0 Å².